The van der Waals surface area contributed by atoms with E-state index < -0.39 is 0 Å². The molecule has 1 aromatic heterocycles. The van der Waals surface area contributed by atoms with E-state index in [4.69, 9.17) is 10.5 Å². The van der Waals surface area contributed by atoms with Crippen molar-refractivity contribution in [3.8, 4) is 5.75 Å². The molecule has 0 atom stereocenters. The number of pyridine rings is 1. The van der Waals surface area contributed by atoms with Crippen molar-refractivity contribution in [1.82, 2.24) is 4.98 Å². The van der Waals surface area contributed by atoms with Crippen molar-refractivity contribution >= 4 is 11.8 Å². The van der Waals surface area contributed by atoms with Gasteiger partial charge in [-0.05, 0) is 31.4 Å². The summed E-state index contributed by atoms with van der Waals surface area (Å²) in [5.74, 6) is 1.04. The maximum Gasteiger partial charge on any atom is 0.305 e. The van der Waals surface area contributed by atoms with E-state index in [9.17, 15) is 4.79 Å². The van der Waals surface area contributed by atoms with Crippen LogP contribution in [-0.2, 0) is 9.53 Å². The molecule has 0 aromatic carbocycles. The van der Waals surface area contributed by atoms with Crippen molar-refractivity contribution < 1.29 is 14.3 Å². The van der Waals surface area contributed by atoms with Gasteiger partial charge < -0.3 is 15.2 Å². The summed E-state index contributed by atoms with van der Waals surface area (Å²) in [5, 5.41) is 0. The number of hydrogen-bond donors (Lipinski definition) is 1. The summed E-state index contributed by atoms with van der Waals surface area (Å²) in [4.78, 5) is 14.7. The molecule has 94 valence electrons. The zero-order valence-corrected chi connectivity index (χ0v) is 10.0. The SMILES string of the molecule is COC(=O)CCCCCOc1ccc(N)nc1. The third-order valence-corrected chi connectivity index (χ3v) is 2.28. The van der Waals surface area contributed by atoms with Gasteiger partial charge in [-0.15, -0.1) is 0 Å². The van der Waals surface area contributed by atoms with Gasteiger partial charge in [-0.25, -0.2) is 4.98 Å². The lowest BCUT2D eigenvalue weighted by molar-refractivity contribution is -0.140. The van der Waals surface area contributed by atoms with Crippen LogP contribution in [0.5, 0.6) is 5.75 Å². The first-order chi connectivity index (χ1) is 8.22. The van der Waals surface area contributed by atoms with Crippen molar-refractivity contribution in [2.24, 2.45) is 0 Å². The molecule has 0 saturated carbocycles. The monoisotopic (exact) mass is 238 g/mol. The van der Waals surface area contributed by atoms with Gasteiger partial charge in [0.25, 0.3) is 0 Å². The Kier molecular flexibility index (Phi) is 5.85. The number of anilines is 1. The molecule has 0 fully saturated rings. The molecule has 5 nitrogen and oxygen atoms in total. The molecule has 0 unspecified atom stereocenters. The van der Waals surface area contributed by atoms with Crippen LogP contribution in [0, 0.1) is 0 Å². The number of aromatic nitrogens is 1. The highest BCUT2D eigenvalue weighted by Crippen LogP contribution is 2.10. The summed E-state index contributed by atoms with van der Waals surface area (Å²) in [6, 6.07) is 3.49. The summed E-state index contributed by atoms with van der Waals surface area (Å²) >= 11 is 0. The van der Waals surface area contributed by atoms with E-state index in [0.717, 1.165) is 19.3 Å². The fourth-order valence-electron chi connectivity index (χ4n) is 1.32. The average molecular weight is 238 g/mol. The Balaban J connectivity index is 2.04. The second-order valence-electron chi connectivity index (χ2n) is 3.65. The fourth-order valence-corrected chi connectivity index (χ4v) is 1.32. The number of ether oxygens (including phenoxy) is 2. The minimum absolute atomic E-state index is 0.159. The van der Waals surface area contributed by atoms with E-state index in [1.807, 2.05) is 0 Å². The second-order valence-corrected chi connectivity index (χ2v) is 3.65. The molecular formula is C12H18N2O3. The number of carbonyl (C=O) groups excluding carboxylic acids is 1. The first-order valence-corrected chi connectivity index (χ1v) is 5.63. The Morgan fingerprint density at radius 3 is 2.82 bits per heavy atom. The van der Waals surface area contributed by atoms with Gasteiger partial charge in [-0.1, -0.05) is 0 Å². The number of rotatable bonds is 7. The number of hydrogen-bond acceptors (Lipinski definition) is 5. The van der Waals surface area contributed by atoms with Crippen LogP contribution in [0.2, 0.25) is 0 Å². The minimum Gasteiger partial charge on any atom is -0.492 e. The number of nitrogens with zero attached hydrogens (tertiary/aromatic N) is 1. The van der Waals surface area contributed by atoms with E-state index in [1.54, 1.807) is 18.3 Å². The Hall–Kier alpha value is -1.78. The Bertz CT molecular complexity index is 338. The van der Waals surface area contributed by atoms with E-state index in [2.05, 4.69) is 9.72 Å². The lowest BCUT2D eigenvalue weighted by atomic mass is 10.2. The number of unbranched alkanes of at least 4 members (excludes halogenated alkanes) is 2. The molecule has 0 bridgehead atoms. The largest absolute Gasteiger partial charge is 0.492 e. The van der Waals surface area contributed by atoms with Gasteiger partial charge in [0.1, 0.15) is 11.6 Å². The van der Waals surface area contributed by atoms with Gasteiger partial charge in [-0.3, -0.25) is 4.79 Å². The molecule has 0 amide bonds. The van der Waals surface area contributed by atoms with Crippen molar-refractivity contribution in [3.05, 3.63) is 18.3 Å². The summed E-state index contributed by atoms with van der Waals surface area (Å²) in [7, 11) is 1.40. The lowest BCUT2D eigenvalue weighted by Crippen LogP contribution is -2.01. The number of carbonyl (C=O) groups is 1. The average Bonchev–Trinajstić information content (AvgIpc) is 2.35. The van der Waals surface area contributed by atoms with Crippen LogP contribution in [-0.4, -0.2) is 24.7 Å². The molecular weight excluding hydrogens is 220 g/mol. The molecule has 17 heavy (non-hydrogen) atoms. The third kappa shape index (κ3) is 5.75. The third-order valence-electron chi connectivity index (χ3n) is 2.28. The van der Waals surface area contributed by atoms with Crippen LogP contribution >= 0.6 is 0 Å². The molecule has 0 saturated heterocycles. The van der Waals surface area contributed by atoms with Crippen LogP contribution in [0.4, 0.5) is 5.82 Å². The highest BCUT2D eigenvalue weighted by Gasteiger charge is 1.99. The van der Waals surface area contributed by atoms with E-state index in [-0.39, 0.29) is 5.97 Å². The van der Waals surface area contributed by atoms with Gasteiger partial charge >= 0.3 is 5.97 Å². The highest BCUT2D eigenvalue weighted by molar-refractivity contribution is 5.68. The van der Waals surface area contributed by atoms with Crippen LogP contribution in [0.15, 0.2) is 18.3 Å². The van der Waals surface area contributed by atoms with Gasteiger partial charge in [0.15, 0.2) is 0 Å². The van der Waals surface area contributed by atoms with Crippen LogP contribution in [0.3, 0.4) is 0 Å². The number of nitrogen functional groups attached to an aromatic ring is 1. The Morgan fingerprint density at radius 1 is 1.35 bits per heavy atom. The zero-order valence-electron chi connectivity index (χ0n) is 10.0. The summed E-state index contributed by atoms with van der Waals surface area (Å²) in [5.41, 5.74) is 5.45. The lowest BCUT2D eigenvalue weighted by Gasteiger charge is -2.05. The number of nitrogens with two attached hydrogens (primary N) is 1. The molecule has 0 spiro atoms. The molecule has 0 radical (unpaired) electrons. The first kappa shape index (κ1) is 13.3. The smallest absolute Gasteiger partial charge is 0.305 e. The van der Waals surface area contributed by atoms with Crippen LogP contribution < -0.4 is 10.5 Å². The van der Waals surface area contributed by atoms with Gasteiger partial charge in [-0.2, -0.15) is 0 Å². The quantitative estimate of drug-likeness (QED) is 0.579. The molecule has 1 aromatic rings. The maximum absolute atomic E-state index is 10.8. The minimum atomic E-state index is -0.159. The Labute approximate surface area is 101 Å². The van der Waals surface area contributed by atoms with E-state index in [1.165, 1.54) is 7.11 Å². The molecule has 1 heterocycles. The van der Waals surface area contributed by atoms with Crippen LogP contribution in [0.1, 0.15) is 25.7 Å². The van der Waals surface area contributed by atoms with Crippen LogP contribution in [0.25, 0.3) is 0 Å². The maximum atomic E-state index is 10.8. The summed E-state index contributed by atoms with van der Waals surface area (Å²) < 4.78 is 10.0. The van der Waals surface area contributed by atoms with Gasteiger partial charge in [0.05, 0.1) is 19.9 Å². The highest BCUT2D eigenvalue weighted by atomic mass is 16.5. The molecule has 0 aliphatic heterocycles. The van der Waals surface area contributed by atoms with Crippen molar-refractivity contribution in [2.75, 3.05) is 19.5 Å². The predicted molar refractivity (Wildman–Crippen MR) is 64.6 cm³/mol. The van der Waals surface area contributed by atoms with Gasteiger partial charge in [0, 0.05) is 6.42 Å². The number of esters is 1. The molecule has 2 N–H and O–H groups in total. The molecule has 0 aliphatic rings. The summed E-state index contributed by atoms with van der Waals surface area (Å²) in [6.45, 7) is 0.618. The van der Waals surface area contributed by atoms with Gasteiger partial charge in [0.2, 0.25) is 0 Å². The Morgan fingerprint density at radius 2 is 2.18 bits per heavy atom. The van der Waals surface area contributed by atoms with E-state index >= 15 is 0 Å². The molecule has 0 aliphatic carbocycles. The van der Waals surface area contributed by atoms with Crippen molar-refractivity contribution in [3.63, 3.8) is 0 Å². The normalized spacial score (nSPS) is 9.94. The van der Waals surface area contributed by atoms with E-state index in [0.29, 0.717) is 24.6 Å². The topological polar surface area (TPSA) is 74.4 Å². The van der Waals surface area contributed by atoms with Crippen molar-refractivity contribution in [2.45, 2.75) is 25.7 Å². The number of methoxy groups -OCH3 is 1. The fraction of sp³-hybridized carbons (Fsp3) is 0.500. The standard InChI is InChI=1S/C12H18N2O3/c1-16-12(15)5-3-2-4-8-17-10-6-7-11(13)14-9-10/h6-7,9H,2-5,8H2,1H3,(H2,13,14). The molecule has 1 rings (SSSR count). The zero-order chi connectivity index (χ0) is 12.5. The first-order valence-electron chi connectivity index (χ1n) is 5.63. The predicted octanol–water partition coefficient (Wildman–Crippen LogP) is 1.78. The van der Waals surface area contributed by atoms with Crippen molar-refractivity contribution in [1.29, 1.82) is 0 Å². The second kappa shape index (κ2) is 7.49. The summed E-state index contributed by atoms with van der Waals surface area (Å²) in [6.07, 6.45) is 4.75. The molecule has 5 heteroatoms.